The Balaban J connectivity index is 1.17. The maximum atomic E-state index is 14.6. The number of fused-ring (bicyclic) bond motifs is 5. The second-order valence-corrected chi connectivity index (χ2v) is 10.1. The number of ether oxygens (including phenoxy) is 3. The van der Waals surface area contributed by atoms with E-state index in [0.717, 1.165) is 34.4 Å². The second kappa shape index (κ2) is 10.4. The zero-order chi connectivity index (χ0) is 27.1. The fourth-order valence-corrected chi connectivity index (χ4v) is 6.24. The largest absolute Gasteiger partial charge is 0.448 e. The average molecular weight is 538 g/mol. The summed E-state index contributed by atoms with van der Waals surface area (Å²) >= 11 is 0. The number of amides is 1. The summed E-state index contributed by atoms with van der Waals surface area (Å²) in [6, 6.07) is 18.6. The van der Waals surface area contributed by atoms with E-state index in [1.807, 2.05) is 36.4 Å². The number of carbonyl (C=O) groups is 2. The van der Waals surface area contributed by atoms with Crippen LogP contribution < -0.4 is 4.74 Å². The third kappa shape index (κ3) is 4.65. The van der Waals surface area contributed by atoms with Crippen LogP contribution >= 0.6 is 0 Å². The summed E-state index contributed by atoms with van der Waals surface area (Å²) in [5.41, 5.74) is 3.97. The molecule has 39 heavy (non-hydrogen) atoms. The first-order chi connectivity index (χ1) is 18.9. The van der Waals surface area contributed by atoms with E-state index in [2.05, 4.69) is 16.9 Å². The molecule has 1 amide bonds. The number of hydrogen-bond acceptors (Lipinski definition) is 5. The minimum atomic E-state index is -3.19. The van der Waals surface area contributed by atoms with Crippen LogP contribution in [-0.4, -0.2) is 55.3 Å². The number of Topliss-reactive ketones (excluding diaryl/α,β-unsaturated/α-hetero) is 1. The molecule has 0 saturated carbocycles. The summed E-state index contributed by atoms with van der Waals surface area (Å²) in [7, 11) is 0. The Morgan fingerprint density at radius 1 is 0.897 bits per heavy atom. The van der Waals surface area contributed by atoms with Gasteiger partial charge in [0.1, 0.15) is 18.2 Å². The number of nitrogens with zero attached hydrogens (tertiary/aromatic N) is 1. The molecule has 9 heteroatoms. The summed E-state index contributed by atoms with van der Waals surface area (Å²) < 4.78 is 56.3. The fourth-order valence-electron chi connectivity index (χ4n) is 6.24. The maximum absolute atomic E-state index is 14.6. The lowest BCUT2D eigenvalue weighted by molar-refractivity contribution is -0.0750. The molecule has 0 radical (unpaired) electrons. The van der Waals surface area contributed by atoms with Crippen molar-refractivity contribution in [3.8, 4) is 16.9 Å². The van der Waals surface area contributed by atoms with Crippen LogP contribution in [0.5, 0.6) is 5.75 Å². The van der Waals surface area contributed by atoms with Crippen LogP contribution in [0, 0.1) is 11.7 Å². The first-order valence-corrected chi connectivity index (χ1v) is 12.9. The number of piperidine rings is 1. The molecule has 0 spiro atoms. The second-order valence-electron chi connectivity index (χ2n) is 10.1. The van der Waals surface area contributed by atoms with E-state index >= 15 is 0 Å². The minimum absolute atomic E-state index is 0.0918. The molecular formula is C30H26F3NO5. The van der Waals surface area contributed by atoms with Gasteiger partial charge in [-0.3, -0.25) is 9.69 Å². The van der Waals surface area contributed by atoms with Gasteiger partial charge in [-0.1, -0.05) is 54.6 Å². The molecule has 2 heterocycles. The van der Waals surface area contributed by atoms with Crippen LogP contribution in [0.15, 0.2) is 66.7 Å². The summed E-state index contributed by atoms with van der Waals surface area (Å²) in [5.74, 6) is -2.80. The lowest BCUT2D eigenvalue weighted by Gasteiger charge is -2.47. The molecule has 2 fully saturated rings. The number of alkyl halides is 2. The number of carbonyl (C=O) groups excluding carboxylic acids is 2. The third-order valence-corrected chi connectivity index (χ3v) is 7.88. The van der Waals surface area contributed by atoms with Gasteiger partial charge in [-0.15, -0.1) is 0 Å². The van der Waals surface area contributed by atoms with Crippen molar-refractivity contribution in [1.29, 1.82) is 0 Å². The standard InChI is InChI=1S/C30H26F3NO5/c31-25-10-5-11-26(39-29(32)33)27(25)28(35)17-12-18-14-37-15-19(13-17)34(18)30(36)38-16-24-22-8-3-1-6-20(22)21-7-2-4-9-23(21)24/h1-11,17-19,24,29H,12-16H2. The van der Waals surface area contributed by atoms with E-state index in [1.54, 1.807) is 4.90 Å². The van der Waals surface area contributed by atoms with Crippen LogP contribution in [0.25, 0.3) is 11.1 Å². The molecule has 2 unspecified atom stereocenters. The van der Waals surface area contributed by atoms with Gasteiger partial charge in [0.25, 0.3) is 0 Å². The number of benzene rings is 3. The predicted molar refractivity (Wildman–Crippen MR) is 135 cm³/mol. The lowest BCUT2D eigenvalue weighted by atomic mass is 9.80. The van der Waals surface area contributed by atoms with Gasteiger partial charge in [-0.2, -0.15) is 8.78 Å². The summed E-state index contributed by atoms with van der Waals surface area (Å²) in [6.07, 6.45) is -0.0991. The molecule has 2 aliphatic heterocycles. The van der Waals surface area contributed by atoms with E-state index in [9.17, 15) is 22.8 Å². The van der Waals surface area contributed by atoms with Gasteiger partial charge in [0.15, 0.2) is 5.78 Å². The van der Waals surface area contributed by atoms with Crippen molar-refractivity contribution in [3.63, 3.8) is 0 Å². The van der Waals surface area contributed by atoms with Crippen molar-refractivity contribution in [2.24, 2.45) is 5.92 Å². The molecule has 3 aromatic carbocycles. The summed E-state index contributed by atoms with van der Waals surface area (Å²) in [5, 5.41) is 0. The predicted octanol–water partition coefficient (Wildman–Crippen LogP) is 6.04. The van der Waals surface area contributed by atoms with Crippen LogP contribution in [-0.2, 0) is 9.47 Å². The molecule has 1 aliphatic carbocycles. The van der Waals surface area contributed by atoms with E-state index in [-0.39, 0.29) is 38.6 Å². The Morgan fingerprint density at radius 3 is 2.13 bits per heavy atom. The normalized spacial score (nSPS) is 21.8. The van der Waals surface area contributed by atoms with Crippen molar-refractivity contribution in [1.82, 2.24) is 4.90 Å². The van der Waals surface area contributed by atoms with Gasteiger partial charge in [-0.25, -0.2) is 9.18 Å². The Morgan fingerprint density at radius 2 is 1.51 bits per heavy atom. The SMILES string of the molecule is O=C(c1c(F)cccc1OC(F)F)C1CC2COCC(C1)N2C(=O)OCC1c2ccccc2-c2ccccc21. The molecule has 2 bridgehead atoms. The van der Waals surface area contributed by atoms with Gasteiger partial charge in [0, 0.05) is 11.8 Å². The number of halogens is 3. The minimum Gasteiger partial charge on any atom is -0.448 e. The highest BCUT2D eigenvalue weighted by Crippen LogP contribution is 2.45. The van der Waals surface area contributed by atoms with Crippen molar-refractivity contribution >= 4 is 11.9 Å². The Bertz CT molecular complexity index is 1350. The van der Waals surface area contributed by atoms with E-state index < -0.39 is 53.6 Å². The quantitative estimate of drug-likeness (QED) is 0.359. The molecule has 3 aliphatic rings. The Labute approximate surface area is 223 Å². The molecule has 2 saturated heterocycles. The van der Waals surface area contributed by atoms with Gasteiger partial charge in [0.05, 0.1) is 30.9 Å². The summed E-state index contributed by atoms with van der Waals surface area (Å²) in [6.45, 7) is -2.64. The van der Waals surface area contributed by atoms with Crippen LogP contribution in [0.4, 0.5) is 18.0 Å². The first kappa shape index (κ1) is 25.4. The molecule has 2 atom stereocenters. The topological polar surface area (TPSA) is 65.1 Å². The van der Waals surface area contributed by atoms with Gasteiger partial charge < -0.3 is 14.2 Å². The average Bonchev–Trinajstić information content (AvgIpc) is 3.24. The van der Waals surface area contributed by atoms with Gasteiger partial charge in [0.2, 0.25) is 0 Å². The zero-order valence-electron chi connectivity index (χ0n) is 20.9. The van der Waals surface area contributed by atoms with Crippen molar-refractivity contribution in [2.75, 3.05) is 19.8 Å². The molecule has 3 aromatic rings. The molecule has 202 valence electrons. The number of hydrogen-bond donors (Lipinski definition) is 0. The van der Waals surface area contributed by atoms with Crippen LogP contribution in [0.3, 0.4) is 0 Å². The summed E-state index contributed by atoms with van der Waals surface area (Å²) in [4.78, 5) is 28.3. The molecule has 0 N–H and O–H groups in total. The highest BCUT2D eigenvalue weighted by Gasteiger charge is 2.45. The van der Waals surface area contributed by atoms with Gasteiger partial charge >= 0.3 is 12.7 Å². The maximum Gasteiger partial charge on any atom is 0.410 e. The highest BCUT2D eigenvalue weighted by molar-refractivity contribution is 6.00. The molecule has 6 rings (SSSR count). The Kier molecular flexibility index (Phi) is 6.76. The van der Waals surface area contributed by atoms with Crippen molar-refractivity contribution in [2.45, 2.75) is 37.5 Å². The number of morpholine rings is 1. The monoisotopic (exact) mass is 537 g/mol. The fraction of sp³-hybridized carbons (Fsp3) is 0.333. The van der Waals surface area contributed by atoms with E-state index in [0.29, 0.717) is 0 Å². The van der Waals surface area contributed by atoms with Crippen LogP contribution in [0.1, 0.15) is 40.2 Å². The third-order valence-electron chi connectivity index (χ3n) is 7.88. The Hall–Kier alpha value is -3.85. The van der Waals surface area contributed by atoms with Crippen molar-refractivity contribution in [3.05, 3.63) is 89.2 Å². The highest BCUT2D eigenvalue weighted by atomic mass is 19.3. The molecular weight excluding hydrogens is 511 g/mol. The number of rotatable bonds is 6. The van der Waals surface area contributed by atoms with E-state index in [1.165, 1.54) is 6.07 Å². The first-order valence-electron chi connectivity index (χ1n) is 12.9. The molecule has 0 aromatic heterocycles. The number of ketones is 1. The van der Waals surface area contributed by atoms with Crippen LogP contribution in [0.2, 0.25) is 0 Å². The zero-order valence-corrected chi connectivity index (χ0v) is 20.9. The van der Waals surface area contributed by atoms with Gasteiger partial charge in [-0.05, 0) is 47.2 Å². The van der Waals surface area contributed by atoms with E-state index in [4.69, 9.17) is 9.47 Å². The van der Waals surface area contributed by atoms with Crippen molar-refractivity contribution < 1.29 is 37.0 Å². The molecule has 6 nitrogen and oxygen atoms in total. The lowest BCUT2D eigenvalue weighted by Crippen LogP contribution is -2.60. The smallest absolute Gasteiger partial charge is 0.410 e.